The lowest BCUT2D eigenvalue weighted by atomic mass is 9.98. The fourth-order valence-electron chi connectivity index (χ4n) is 2.72. The Kier molecular flexibility index (Phi) is 6.22. The van der Waals surface area contributed by atoms with Gasteiger partial charge in [-0.25, -0.2) is 0 Å². The zero-order chi connectivity index (χ0) is 19.9. The molecule has 3 aromatic rings. The van der Waals surface area contributed by atoms with Gasteiger partial charge in [-0.15, -0.1) is 0 Å². The second kappa shape index (κ2) is 8.99. The van der Waals surface area contributed by atoms with Crippen molar-refractivity contribution in [1.82, 2.24) is 5.16 Å². The first-order chi connectivity index (χ1) is 13.5. The molecule has 1 atom stereocenters. The molecule has 0 bridgehead atoms. The molecule has 0 saturated heterocycles. The minimum absolute atomic E-state index is 0.0168. The fourth-order valence-corrected chi connectivity index (χ4v) is 2.72. The molecule has 6 nitrogen and oxygen atoms in total. The largest absolute Gasteiger partial charge is 0.456 e. The van der Waals surface area contributed by atoms with Crippen LogP contribution in [-0.4, -0.2) is 23.6 Å². The molecule has 1 N–H and O–H groups in total. The van der Waals surface area contributed by atoms with Gasteiger partial charge in [0.15, 0.2) is 6.61 Å². The Morgan fingerprint density at radius 2 is 1.82 bits per heavy atom. The quantitative estimate of drug-likeness (QED) is 0.619. The van der Waals surface area contributed by atoms with E-state index in [1.807, 2.05) is 68.4 Å². The predicted octanol–water partition coefficient (Wildman–Crippen LogP) is 4.33. The molecule has 28 heavy (non-hydrogen) atoms. The predicted molar refractivity (Wildman–Crippen MR) is 106 cm³/mol. The monoisotopic (exact) mass is 378 g/mol. The number of anilines is 1. The molecule has 0 radical (unpaired) electrons. The van der Waals surface area contributed by atoms with Crippen LogP contribution >= 0.6 is 0 Å². The van der Waals surface area contributed by atoms with Crippen molar-refractivity contribution < 1.29 is 18.8 Å². The maximum absolute atomic E-state index is 12.0. The summed E-state index contributed by atoms with van der Waals surface area (Å²) in [5.41, 5.74) is 3.69. The molecule has 0 aliphatic heterocycles. The molecule has 1 aromatic heterocycles. The maximum atomic E-state index is 12.0. The molecular formula is C22H22N2O4. The first kappa shape index (κ1) is 19.4. The first-order valence-corrected chi connectivity index (χ1v) is 9.05. The minimum atomic E-state index is -0.479. The molecule has 0 fully saturated rings. The molecule has 6 heteroatoms. The van der Waals surface area contributed by atoms with Gasteiger partial charge in [0.05, 0.1) is 6.42 Å². The van der Waals surface area contributed by atoms with E-state index in [4.69, 9.17) is 9.26 Å². The minimum Gasteiger partial charge on any atom is -0.456 e. The molecule has 1 amide bonds. The number of aromatic nitrogens is 1. The number of benzene rings is 2. The number of esters is 1. The van der Waals surface area contributed by atoms with E-state index >= 15 is 0 Å². The summed E-state index contributed by atoms with van der Waals surface area (Å²) < 4.78 is 10.2. The lowest BCUT2D eigenvalue weighted by Gasteiger charge is -2.11. The molecule has 0 unspecified atom stereocenters. The van der Waals surface area contributed by atoms with Gasteiger partial charge >= 0.3 is 5.97 Å². The molecule has 144 valence electrons. The number of nitrogens with one attached hydrogen (secondary N) is 1. The third kappa shape index (κ3) is 5.30. The van der Waals surface area contributed by atoms with E-state index in [2.05, 4.69) is 10.5 Å². The average molecular weight is 378 g/mol. The molecule has 0 saturated carbocycles. The Morgan fingerprint density at radius 1 is 1.11 bits per heavy atom. The summed E-state index contributed by atoms with van der Waals surface area (Å²) in [5, 5.41) is 6.48. The van der Waals surface area contributed by atoms with Crippen LogP contribution in [0.2, 0.25) is 0 Å². The van der Waals surface area contributed by atoms with Gasteiger partial charge in [-0.05, 0) is 18.4 Å². The van der Waals surface area contributed by atoms with Gasteiger partial charge in [-0.3, -0.25) is 14.9 Å². The van der Waals surface area contributed by atoms with Crippen LogP contribution in [0.3, 0.4) is 0 Å². The lowest BCUT2D eigenvalue weighted by molar-refractivity contribution is -0.147. The Hall–Kier alpha value is -3.41. The van der Waals surface area contributed by atoms with E-state index < -0.39 is 11.9 Å². The average Bonchev–Trinajstić information content (AvgIpc) is 3.16. The van der Waals surface area contributed by atoms with Crippen molar-refractivity contribution in [3.05, 3.63) is 71.8 Å². The fraction of sp³-hybridized carbons (Fsp3) is 0.227. The van der Waals surface area contributed by atoms with E-state index in [9.17, 15) is 9.59 Å². The first-order valence-electron chi connectivity index (χ1n) is 9.05. The van der Waals surface area contributed by atoms with Crippen LogP contribution in [0.1, 0.15) is 30.4 Å². The Morgan fingerprint density at radius 3 is 2.54 bits per heavy atom. The zero-order valence-electron chi connectivity index (χ0n) is 15.8. The number of ether oxygens (including phenoxy) is 1. The van der Waals surface area contributed by atoms with E-state index in [1.165, 1.54) is 0 Å². The lowest BCUT2D eigenvalue weighted by Crippen LogP contribution is -2.21. The van der Waals surface area contributed by atoms with Gasteiger partial charge in [0.25, 0.3) is 5.91 Å². The molecule has 3 rings (SSSR count). The van der Waals surface area contributed by atoms with E-state index in [0.717, 1.165) is 16.7 Å². The number of rotatable bonds is 7. The summed E-state index contributed by atoms with van der Waals surface area (Å²) in [6.07, 6.45) is 0.206. The number of nitrogens with zero attached hydrogens (tertiary/aromatic N) is 1. The van der Waals surface area contributed by atoms with Crippen molar-refractivity contribution in [3.63, 3.8) is 0 Å². The van der Waals surface area contributed by atoms with E-state index in [0.29, 0.717) is 5.69 Å². The zero-order valence-corrected chi connectivity index (χ0v) is 15.8. The summed E-state index contributed by atoms with van der Waals surface area (Å²) >= 11 is 0. The second-order valence-corrected chi connectivity index (χ2v) is 6.67. The molecule has 0 spiro atoms. The number of hydrogen-bond acceptors (Lipinski definition) is 5. The van der Waals surface area contributed by atoms with Crippen LogP contribution in [-0.2, 0) is 14.3 Å². The van der Waals surface area contributed by atoms with Gasteiger partial charge in [0.1, 0.15) is 5.69 Å². The number of aryl methyl sites for hydroxylation is 1. The molecular weight excluding hydrogens is 356 g/mol. The highest BCUT2D eigenvalue weighted by Crippen LogP contribution is 2.22. The molecule has 0 aliphatic rings. The van der Waals surface area contributed by atoms with Gasteiger partial charge in [0.2, 0.25) is 5.88 Å². The summed E-state index contributed by atoms with van der Waals surface area (Å²) in [5.74, 6) is -0.686. The smallest absolute Gasteiger partial charge is 0.306 e. The highest BCUT2D eigenvalue weighted by Gasteiger charge is 2.15. The highest BCUT2D eigenvalue weighted by atomic mass is 16.5. The second-order valence-electron chi connectivity index (χ2n) is 6.67. The van der Waals surface area contributed by atoms with Crippen LogP contribution < -0.4 is 5.32 Å². The van der Waals surface area contributed by atoms with Crippen molar-refractivity contribution in [1.29, 1.82) is 0 Å². The van der Waals surface area contributed by atoms with Crippen LogP contribution in [0, 0.1) is 6.92 Å². The summed E-state index contributed by atoms with van der Waals surface area (Å²) in [4.78, 5) is 23.9. The van der Waals surface area contributed by atoms with Crippen molar-refractivity contribution in [2.24, 2.45) is 0 Å². The van der Waals surface area contributed by atoms with E-state index in [1.54, 1.807) is 6.07 Å². The summed E-state index contributed by atoms with van der Waals surface area (Å²) in [6, 6.07) is 19.1. The molecule has 0 aliphatic carbocycles. The topological polar surface area (TPSA) is 81.4 Å². The molecule has 1 heterocycles. The third-order valence-corrected chi connectivity index (χ3v) is 4.33. The number of carbonyl (C=O) groups excluding carboxylic acids is 2. The van der Waals surface area contributed by atoms with E-state index in [-0.39, 0.29) is 24.8 Å². The van der Waals surface area contributed by atoms with Crippen molar-refractivity contribution in [2.45, 2.75) is 26.2 Å². The molecule has 2 aromatic carbocycles. The van der Waals surface area contributed by atoms with Gasteiger partial charge < -0.3 is 9.26 Å². The Labute approximate surface area is 163 Å². The maximum Gasteiger partial charge on any atom is 0.306 e. The SMILES string of the molecule is Cc1ccc(-c2cc(NC(=O)COC(=O)C[C@H](C)c3ccccc3)on2)cc1. The van der Waals surface area contributed by atoms with Crippen molar-refractivity contribution >= 4 is 17.8 Å². The third-order valence-electron chi connectivity index (χ3n) is 4.33. The number of amides is 1. The van der Waals surface area contributed by atoms with Crippen LogP contribution in [0.25, 0.3) is 11.3 Å². The summed E-state index contributed by atoms with van der Waals surface area (Å²) in [7, 11) is 0. The van der Waals surface area contributed by atoms with Gasteiger partial charge in [-0.1, -0.05) is 72.2 Å². The van der Waals surface area contributed by atoms with Crippen molar-refractivity contribution in [2.75, 3.05) is 11.9 Å². The Bertz CT molecular complexity index is 933. The van der Waals surface area contributed by atoms with Gasteiger partial charge in [0, 0.05) is 11.6 Å². The number of carbonyl (C=O) groups is 2. The van der Waals surface area contributed by atoms with Crippen LogP contribution in [0.5, 0.6) is 0 Å². The van der Waals surface area contributed by atoms with Crippen LogP contribution in [0.4, 0.5) is 5.88 Å². The Balaban J connectivity index is 1.47. The summed E-state index contributed by atoms with van der Waals surface area (Å²) in [6.45, 7) is 3.57. The highest BCUT2D eigenvalue weighted by molar-refractivity contribution is 5.92. The standard InChI is InChI=1S/C22H22N2O4/c1-15-8-10-18(11-9-15)19-13-21(28-24-19)23-20(25)14-27-22(26)12-16(2)17-6-4-3-5-7-17/h3-11,13,16H,12,14H2,1-2H3,(H,23,25)/t16-/m0/s1. The van der Waals surface area contributed by atoms with Gasteiger partial charge in [-0.2, -0.15) is 0 Å². The van der Waals surface area contributed by atoms with Crippen LogP contribution in [0.15, 0.2) is 65.2 Å². The number of hydrogen-bond donors (Lipinski definition) is 1. The van der Waals surface area contributed by atoms with Crippen molar-refractivity contribution in [3.8, 4) is 11.3 Å². The normalized spacial score (nSPS) is 11.6.